The van der Waals surface area contributed by atoms with Crippen molar-refractivity contribution in [3.8, 4) is 5.75 Å². The van der Waals surface area contributed by atoms with Crippen LogP contribution in [0, 0.1) is 0 Å². The standard InChI is InChI=1S/C14H20N2O4S/c1-3-16(11-8-9-21(18,19)10-11)14(17)15-12-6-4-5-7-13(12)20-2/h4-7,11H,3,8-10H2,1-2H3,(H,15,17). The molecule has 0 saturated carbocycles. The van der Waals surface area contributed by atoms with E-state index in [4.69, 9.17) is 4.74 Å². The number of methoxy groups -OCH3 is 1. The molecule has 1 unspecified atom stereocenters. The van der Waals surface area contributed by atoms with Crippen LogP contribution in [0.3, 0.4) is 0 Å². The van der Waals surface area contributed by atoms with Crippen LogP contribution in [0.4, 0.5) is 10.5 Å². The summed E-state index contributed by atoms with van der Waals surface area (Å²) >= 11 is 0. The van der Waals surface area contributed by atoms with Gasteiger partial charge in [-0.3, -0.25) is 0 Å². The highest BCUT2D eigenvalue weighted by Crippen LogP contribution is 2.24. The number of hydrogen-bond donors (Lipinski definition) is 1. The van der Waals surface area contributed by atoms with Gasteiger partial charge in [-0.1, -0.05) is 12.1 Å². The lowest BCUT2D eigenvalue weighted by Gasteiger charge is -2.27. The molecule has 7 heteroatoms. The Labute approximate surface area is 125 Å². The van der Waals surface area contributed by atoms with E-state index in [1.165, 1.54) is 7.11 Å². The van der Waals surface area contributed by atoms with Crippen molar-refractivity contribution in [3.63, 3.8) is 0 Å². The van der Waals surface area contributed by atoms with Crippen LogP contribution in [0.25, 0.3) is 0 Å². The van der Waals surface area contributed by atoms with Crippen molar-refractivity contribution in [2.75, 3.05) is 30.5 Å². The minimum absolute atomic E-state index is 0.0418. The highest BCUT2D eigenvalue weighted by Gasteiger charge is 2.34. The first-order chi connectivity index (χ1) is 9.96. The quantitative estimate of drug-likeness (QED) is 0.919. The van der Waals surface area contributed by atoms with Crippen molar-refractivity contribution >= 4 is 21.6 Å². The normalized spacial score (nSPS) is 20.0. The summed E-state index contributed by atoms with van der Waals surface area (Å²) in [6.07, 6.45) is 0.496. The van der Waals surface area contributed by atoms with E-state index in [0.717, 1.165) is 0 Å². The Bertz CT molecular complexity index is 615. The third kappa shape index (κ3) is 3.66. The van der Waals surface area contributed by atoms with Gasteiger partial charge in [0.25, 0.3) is 0 Å². The minimum Gasteiger partial charge on any atom is -0.495 e. The SMILES string of the molecule is CCN(C(=O)Nc1ccccc1OC)C1CCS(=O)(=O)C1. The van der Waals surface area contributed by atoms with Crippen molar-refractivity contribution < 1.29 is 17.9 Å². The van der Waals surface area contributed by atoms with Crippen LogP contribution in [0.15, 0.2) is 24.3 Å². The molecule has 2 rings (SSSR count). The smallest absolute Gasteiger partial charge is 0.322 e. The summed E-state index contributed by atoms with van der Waals surface area (Å²) in [6.45, 7) is 2.30. The van der Waals surface area contributed by atoms with Crippen LogP contribution in [-0.2, 0) is 9.84 Å². The summed E-state index contributed by atoms with van der Waals surface area (Å²) in [7, 11) is -1.48. The Morgan fingerprint density at radius 2 is 2.14 bits per heavy atom. The number of rotatable bonds is 4. The van der Waals surface area contributed by atoms with Gasteiger partial charge in [-0.2, -0.15) is 0 Å². The van der Waals surface area contributed by atoms with Gasteiger partial charge in [0.2, 0.25) is 0 Å². The Morgan fingerprint density at radius 1 is 1.43 bits per heavy atom. The first-order valence-corrected chi connectivity index (χ1v) is 8.70. The van der Waals surface area contributed by atoms with Crippen molar-refractivity contribution in [1.29, 1.82) is 0 Å². The van der Waals surface area contributed by atoms with E-state index in [2.05, 4.69) is 5.32 Å². The number of amides is 2. The van der Waals surface area contributed by atoms with Gasteiger partial charge in [-0.15, -0.1) is 0 Å². The van der Waals surface area contributed by atoms with E-state index in [1.54, 1.807) is 23.1 Å². The van der Waals surface area contributed by atoms with E-state index in [-0.39, 0.29) is 23.6 Å². The number of benzene rings is 1. The molecule has 116 valence electrons. The zero-order chi connectivity index (χ0) is 15.5. The van der Waals surface area contributed by atoms with Gasteiger partial charge >= 0.3 is 6.03 Å². The molecule has 0 bridgehead atoms. The van der Waals surface area contributed by atoms with Gasteiger partial charge in [0.1, 0.15) is 5.75 Å². The average molecular weight is 312 g/mol. The average Bonchev–Trinajstić information content (AvgIpc) is 2.80. The Balaban J connectivity index is 2.11. The summed E-state index contributed by atoms with van der Waals surface area (Å²) in [4.78, 5) is 13.9. The fourth-order valence-corrected chi connectivity index (χ4v) is 4.25. The van der Waals surface area contributed by atoms with E-state index in [9.17, 15) is 13.2 Å². The number of carbonyl (C=O) groups is 1. The number of anilines is 1. The number of hydrogen-bond acceptors (Lipinski definition) is 4. The fourth-order valence-electron chi connectivity index (χ4n) is 2.52. The molecule has 0 radical (unpaired) electrons. The first-order valence-electron chi connectivity index (χ1n) is 6.88. The predicted molar refractivity (Wildman–Crippen MR) is 81.5 cm³/mol. The topological polar surface area (TPSA) is 75.7 Å². The summed E-state index contributed by atoms with van der Waals surface area (Å²) in [6, 6.07) is 6.56. The van der Waals surface area contributed by atoms with E-state index >= 15 is 0 Å². The van der Waals surface area contributed by atoms with Gasteiger partial charge < -0.3 is 15.0 Å². The van der Waals surface area contributed by atoms with E-state index in [1.807, 2.05) is 13.0 Å². The number of para-hydroxylation sites is 2. The summed E-state index contributed by atoms with van der Waals surface area (Å²) in [5, 5.41) is 2.78. The third-order valence-electron chi connectivity index (χ3n) is 3.60. The van der Waals surface area contributed by atoms with Gasteiger partial charge in [0.15, 0.2) is 9.84 Å². The first kappa shape index (κ1) is 15.6. The molecule has 0 aliphatic carbocycles. The zero-order valence-electron chi connectivity index (χ0n) is 12.2. The Morgan fingerprint density at radius 3 is 2.71 bits per heavy atom. The van der Waals surface area contributed by atoms with Crippen LogP contribution in [0.2, 0.25) is 0 Å². The van der Waals surface area contributed by atoms with Gasteiger partial charge in [-0.05, 0) is 25.5 Å². The molecule has 1 N–H and O–H groups in total. The van der Waals surface area contributed by atoms with Crippen molar-refractivity contribution in [1.82, 2.24) is 4.90 Å². The highest BCUT2D eigenvalue weighted by atomic mass is 32.2. The number of nitrogens with one attached hydrogen (secondary N) is 1. The molecule has 1 aliphatic heterocycles. The van der Waals surface area contributed by atoms with Crippen LogP contribution >= 0.6 is 0 Å². The number of sulfone groups is 1. The number of ether oxygens (including phenoxy) is 1. The molecule has 21 heavy (non-hydrogen) atoms. The molecule has 1 heterocycles. The van der Waals surface area contributed by atoms with E-state index < -0.39 is 9.84 Å². The van der Waals surface area contributed by atoms with Gasteiger partial charge in [-0.25, -0.2) is 13.2 Å². The zero-order valence-corrected chi connectivity index (χ0v) is 13.0. The molecule has 0 spiro atoms. The maximum Gasteiger partial charge on any atom is 0.322 e. The molecule has 6 nitrogen and oxygen atoms in total. The Kier molecular flexibility index (Phi) is 4.72. The Hall–Kier alpha value is -1.76. The molecule has 1 aromatic carbocycles. The highest BCUT2D eigenvalue weighted by molar-refractivity contribution is 7.91. The lowest BCUT2D eigenvalue weighted by Crippen LogP contribution is -2.43. The van der Waals surface area contributed by atoms with E-state index in [0.29, 0.717) is 24.4 Å². The molecule has 2 amide bonds. The molecule has 1 aliphatic rings. The van der Waals surface area contributed by atoms with Crippen LogP contribution in [-0.4, -0.2) is 50.6 Å². The summed E-state index contributed by atoms with van der Waals surface area (Å²) < 4.78 is 28.3. The second-order valence-corrected chi connectivity index (χ2v) is 7.20. The van der Waals surface area contributed by atoms with Gasteiger partial charge in [0, 0.05) is 12.6 Å². The second kappa shape index (κ2) is 6.34. The molecule has 1 aromatic rings. The second-order valence-electron chi connectivity index (χ2n) is 4.97. The molecular weight excluding hydrogens is 292 g/mol. The molecular formula is C14H20N2O4S. The lowest BCUT2D eigenvalue weighted by molar-refractivity contribution is 0.197. The summed E-state index contributed by atoms with van der Waals surface area (Å²) in [5.41, 5.74) is 0.573. The minimum atomic E-state index is -3.02. The van der Waals surface area contributed by atoms with Crippen molar-refractivity contribution in [2.45, 2.75) is 19.4 Å². The molecule has 1 atom stereocenters. The maximum atomic E-state index is 12.4. The van der Waals surface area contributed by atoms with Crippen molar-refractivity contribution in [3.05, 3.63) is 24.3 Å². The fraction of sp³-hybridized carbons (Fsp3) is 0.500. The maximum absolute atomic E-state index is 12.4. The molecule has 0 aromatic heterocycles. The monoisotopic (exact) mass is 312 g/mol. The summed E-state index contributed by atoms with van der Waals surface area (Å²) in [5.74, 6) is 0.761. The predicted octanol–water partition coefficient (Wildman–Crippen LogP) is 1.74. The number of carbonyl (C=O) groups excluding carboxylic acids is 1. The third-order valence-corrected chi connectivity index (χ3v) is 5.35. The van der Waals surface area contributed by atoms with Gasteiger partial charge in [0.05, 0.1) is 24.3 Å². The largest absolute Gasteiger partial charge is 0.495 e. The van der Waals surface area contributed by atoms with Crippen LogP contribution in [0.1, 0.15) is 13.3 Å². The van der Waals surface area contributed by atoms with Crippen molar-refractivity contribution in [2.24, 2.45) is 0 Å². The lowest BCUT2D eigenvalue weighted by atomic mass is 10.2. The number of nitrogens with zero attached hydrogens (tertiary/aromatic N) is 1. The molecule has 1 fully saturated rings. The molecule has 1 saturated heterocycles. The van der Waals surface area contributed by atoms with Crippen LogP contribution in [0.5, 0.6) is 5.75 Å². The number of urea groups is 1. The van der Waals surface area contributed by atoms with Crippen LogP contribution < -0.4 is 10.1 Å².